The van der Waals surface area contributed by atoms with E-state index >= 15 is 0 Å². The van der Waals surface area contributed by atoms with Crippen LogP contribution in [0.2, 0.25) is 0 Å². The Labute approximate surface area is 251 Å². The number of nitrogens with two attached hydrogens (primary N) is 2. The highest BCUT2D eigenvalue weighted by molar-refractivity contribution is 7.90. The number of benzene rings is 3. The number of rotatable bonds is 10. The van der Waals surface area contributed by atoms with Gasteiger partial charge in [0.2, 0.25) is 21.7 Å². The molecule has 1 amide bonds. The lowest BCUT2D eigenvalue weighted by atomic mass is 9.81. The second kappa shape index (κ2) is 12.4. The molecule has 1 unspecified atom stereocenters. The van der Waals surface area contributed by atoms with Gasteiger partial charge in [0.05, 0.1) is 0 Å². The maximum atomic E-state index is 14.8. The molecule has 0 spiro atoms. The minimum Gasteiger partial charge on any atom is -0.368 e. The number of sulfonamides is 1. The molecule has 0 saturated heterocycles. The van der Waals surface area contributed by atoms with Crippen LogP contribution in [0, 0.1) is 29.1 Å². The smallest absolute Gasteiger partial charge is 0.296 e. The number of hydrogen-bond acceptors (Lipinski definition) is 5. The fraction of sp³-hybridized carbons (Fsp3) is 0.321. The van der Waals surface area contributed by atoms with Gasteiger partial charge in [-0.25, -0.2) is 35.5 Å². The molecule has 238 valence electrons. The van der Waals surface area contributed by atoms with Gasteiger partial charge in [-0.05, 0) is 47.6 Å². The fourth-order valence-electron chi connectivity index (χ4n) is 5.55. The standard InChI is InChI=1S/C28H29F5N4O5S2/c1-37(43(39,40)26-24(32)22(30)21(29)23(31)25(26)33)28(27(34)38,19-11-13-20(14-12-19)36-44(35,41)42)15-16-7-9-18(10-8-16)17-5-3-2-4-6-17/h7-14,17,36H,2-6,15H2,1H3,(H2,34,38)(H2,35,41,42). The van der Waals surface area contributed by atoms with E-state index < -0.39 is 72.1 Å². The van der Waals surface area contributed by atoms with Gasteiger partial charge >= 0.3 is 0 Å². The highest BCUT2D eigenvalue weighted by Gasteiger charge is 2.50. The van der Waals surface area contributed by atoms with Crippen molar-refractivity contribution in [3.63, 3.8) is 0 Å². The van der Waals surface area contributed by atoms with Crippen molar-refractivity contribution in [3.8, 4) is 0 Å². The van der Waals surface area contributed by atoms with Gasteiger partial charge in [0, 0.05) is 19.2 Å². The summed E-state index contributed by atoms with van der Waals surface area (Å²) in [4.78, 5) is 11.1. The number of primary amides is 1. The van der Waals surface area contributed by atoms with Crippen LogP contribution in [0.3, 0.4) is 0 Å². The summed E-state index contributed by atoms with van der Waals surface area (Å²) in [6, 6.07) is 11.3. The topological polar surface area (TPSA) is 153 Å². The molecule has 1 fully saturated rings. The maximum absolute atomic E-state index is 14.8. The van der Waals surface area contributed by atoms with E-state index in [1.54, 1.807) is 24.3 Å². The molecule has 5 N–H and O–H groups in total. The first kappa shape index (κ1) is 33.3. The summed E-state index contributed by atoms with van der Waals surface area (Å²) in [6.45, 7) is 0. The molecule has 44 heavy (non-hydrogen) atoms. The molecule has 9 nitrogen and oxygen atoms in total. The van der Waals surface area contributed by atoms with Crippen molar-refractivity contribution in [2.75, 3.05) is 11.8 Å². The normalized spacial score (nSPS) is 16.1. The number of anilines is 1. The molecule has 1 atom stereocenters. The van der Waals surface area contributed by atoms with Crippen molar-refractivity contribution in [2.24, 2.45) is 10.9 Å². The van der Waals surface area contributed by atoms with Crippen molar-refractivity contribution in [1.82, 2.24) is 4.31 Å². The number of nitrogens with one attached hydrogen (secondary N) is 1. The summed E-state index contributed by atoms with van der Waals surface area (Å²) in [5.41, 5.74) is 4.32. The third-order valence-electron chi connectivity index (χ3n) is 7.87. The molecule has 3 aromatic rings. The lowest BCUT2D eigenvalue weighted by Gasteiger charge is -2.39. The second-order valence-corrected chi connectivity index (χ2v) is 13.8. The summed E-state index contributed by atoms with van der Waals surface area (Å²) in [7, 11) is -9.21. The average Bonchev–Trinajstić information content (AvgIpc) is 2.97. The Morgan fingerprint density at radius 1 is 0.841 bits per heavy atom. The molecule has 16 heteroatoms. The number of likely N-dealkylation sites (N-methyl/N-ethyl adjacent to an activating group) is 1. The summed E-state index contributed by atoms with van der Waals surface area (Å²) >= 11 is 0. The van der Waals surface area contributed by atoms with Gasteiger partial charge in [0.25, 0.3) is 10.2 Å². The summed E-state index contributed by atoms with van der Waals surface area (Å²) in [5, 5.41) is 4.98. The molecule has 0 aliphatic heterocycles. The van der Waals surface area contributed by atoms with Gasteiger partial charge < -0.3 is 5.73 Å². The zero-order chi connectivity index (χ0) is 32.6. The third-order valence-corrected chi connectivity index (χ3v) is 10.3. The molecule has 0 heterocycles. The number of amides is 1. The molecule has 0 radical (unpaired) electrons. The van der Waals surface area contributed by atoms with E-state index in [1.807, 2.05) is 4.72 Å². The zero-order valence-electron chi connectivity index (χ0n) is 23.3. The highest BCUT2D eigenvalue weighted by atomic mass is 32.2. The SMILES string of the molecule is CN(C(Cc1ccc(C2CCCCC2)cc1)(C(N)=O)c1ccc(NS(N)(=O)=O)cc1)S(=O)(=O)c1c(F)c(F)c(F)c(F)c1F. The molecule has 1 aliphatic rings. The van der Waals surface area contributed by atoms with Crippen LogP contribution in [0.4, 0.5) is 27.6 Å². The first-order valence-corrected chi connectivity index (χ1v) is 16.3. The van der Waals surface area contributed by atoms with Gasteiger partial charge in [-0.2, -0.15) is 12.7 Å². The van der Waals surface area contributed by atoms with Gasteiger partial charge in [-0.1, -0.05) is 55.7 Å². The van der Waals surface area contributed by atoms with Gasteiger partial charge in [-0.3, -0.25) is 9.52 Å². The zero-order valence-corrected chi connectivity index (χ0v) is 24.9. The van der Waals surface area contributed by atoms with Crippen molar-refractivity contribution in [1.29, 1.82) is 0 Å². The van der Waals surface area contributed by atoms with E-state index in [-0.39, 0.29) is 15.6 Å². The van der Waals surface area contributed by atoms with Crippen molar-refractivity contribution in [2.45, 2.75) is 54.9 Å². The molecule has 4 rings (SSSR count). The van der Waals surface area contributed by atoms with Crippen LogP contribution in [-0.4, -0.2) is 34.1 Å². The highest BCUT2D eigenvalue weighted by Crippen LogP contribution is 2.39. The molecule has 1 saturated carbocycles. The van der Waals surface area contributed by atoms with Crippen LogP contribution in [0.5, 0.6) is 0 Å². The number of carbonyl (C=O) groups excluding carboxylic acids is 1. The Morgan fingerprint density at radius 3 is 1.82 bits per heavy atom. The van der Waals surface area contributed by atoms with E-state index in [0.29, 0.717) is 18.5 Å². The largest absolute Gasteiger partial charge is 0.368 e. The van der Waals surface area contributed by atoms with Gasteiger partial charge in [0.15, 0.2) is 28.2 Å². The molecule has 1 aliphatic carbocycles. The minimum atomic E-state index is -5.69. The quantitative estimate of drug-likeness (QED) is 0.168. The van der Waals surface area contributed by atoms with Crippen LogP contribution < -0.4 is 15.6 Å². The number of carbonyl (C=O) groups is 1. The van der Waals surface area contributed by atoms with Crippen LogP contribution in [0.1, 0.15) is 54.7 Å². The Morgan fingerprint density at radius 2 is 1.34 bits per heavy atom. The van der Waals surface area contributed by atoms with Crippen molar-refractivity contribution < 1.29 is 43.6 Å². The van der Waals surface area contributed by atoms with Gasteiger partial charge in [-0.15, -0.1) is 0 Å². The number of halogens is 5. The average molecular weight is 661 g/mol. The lowest BCUT2D eigenvalue weighted by molar-refractivity contribution is -0.127. The predicted molar refractivity (Wildman–Crippen MR) is 151 cm³/mol. The van der Waals surface area contributed by atoms with Crippen LogP contribution >= 0.6 is 0 Å². The minimum absolute atomic E-state index is 0.100. The van der Waals surface area contributed by atoms with Crippen LogP contribution in [0.15, 0.2) is 53.4 Å². The van der Waals surface area contributed by atoms with Crippen LogP contribution in [-0.2, 0) is 37.0 Å². The molecular formula is C28H29F5N4O5S2. The van der Waals surface area contributed by atoms with E-state index in [9.17, 15) is 43.6 Å². The molecule has 3 aromatic carbocycles. The fourth-order valence-corrected chi connectivity index (χ4v) is 7.59. The van der Waals surface area contributed by atoms with E-state index in [2.05, 4.69) is 0 Å². The summed E-state index contributed by atoms with van der Waals surface area (Å²) in [6.07, 6.45) is 4.67. The Kier molecular flexibility index (Phi) is 9.40. The molecule has 0 bridgehead atoms. The second-order valence-electron chi connectivity index (χ2n) is 10.6. The maximum Gasteiger partial charge on any atom is 0.296 e. The Hall–Kier alpha value is -3.60. The van der Waals surface area contributed by atoms with E-state index in [4.69, 9.17) is 10.9 Å². The molecule has 0 aromatic heterocycles. The Bertz CT molecular complexity index is 1760. The monoisotopic (exact) mass is 660 g/mol. The van der Waals surface area contributed by atoms with Crippen molar-refractivity contribution in [3.05, 3.63) is 94.3 Å². The van der Waals surface area contributed by atoms with E-state index in [0.717, 1.165) is 61.9 Å². The number of nitrogens with zero attached hydrogens (tertiary/aromatic N) is 1. The van der Waals surface area contributed by atoms with Crippen molar-refractivity contribution >= 4 is 31.8 Å². The third kappa shape index (κ3) is 6.29. The van der Waals surface area contributed by atoms with Gasteiger partial charge in [0.1, 0.15) is 5.54 Å². The first-order chi connectivity index (χ1) is 20.5. The predicted octanol–water partition coefficient (Wildman–Crippen LogP) is 4.29. The summed E-state index contributed by atoms with van der Waals surface area (Å²) in [5.74, 6) is -13.9. The summed E-state index contributed by atoms with van der Waals surface area (Å²) < 4.78 is 124. The van der Waals surface area contributed by atoms with E-state index in [1.165, 1.54) is 0 Å². The number of hydrogen-bond donors (Lipinski definition) is 3. The Balaban J connectivity index is 1.89. The lowest BCUT2D eigenvalue weighted by Crippen LogP contribution is -2.57. The van der Waals surface area contributed by atoms with Crippen LogP contribution in [0.25, 0.3) is 0 Å². The molecular weight excluding hydrogens is 631 g/mol. The first-order valence-electron chi connectivity index (χ1n) is 13.3.